The minimum Gasteiger partial charge on any atom is -0.464 e. The van der Waals surface area contributed by atoms with Gasteiger partial charge in [-0.15, -0.1) is 24.8 Å². The van der Waals surface area contributed by atoms with Gasteiger partial charge in [0, 0.05) is 6.54 Å². The molecule has 0 aromatic carbocycles. The highest BCUT2D eigenvalue weighted by Crippen LogP contribution is 1.90. The number of hydrogen-bond donors (Lipinski definition) is 2. The molecule has 0 rings (SSSR count). The maximum Gasteiger partial charge on any atom is 0.324 e. The fraction of sp³-hybridized carbons (Fsp3) is 0.857. The first kappa shape index (κ1) is 18.7. The Hall–Kier alpha value is -0.0300. The van der Waals surface area contributed by atoms with Gasteiger partial charge in [-0.2, -0.15) is 0 Å². The lowest BCUT2D eigenvalue weighted by atomic mass is 10.3. The average Bonchev–Trinajstić information content (AvgIpc) is 2.03. The largest absolute Gasteiger partial charge is 0.464 e. The minimum absolute atomic E-state index is 0. The Morgan fingerprint density at radius 2 is 2.00 bits per heavy atom. The summed E-state index contributed by atoms with van der Waals surface area (Å²) < 4.78 is 4.79. The van der Waals surface area contributed by atoms with E-state index in [1.165, 1.54) is 0 Å². The molecule has 1 atom stereocenters. The fourth-order valence-corrected chi connectivity index (χ4v) is 0.520. The van der Waals surface area contributed by atoms with Gasteiger partial charge < -0.3 is 16.2 Å². The molecule has 4 nitrogen and oxygen atoms in total. The van der Waals surface area contributed by atoms with E-state index >= 15 is 0 Å². The molecule has 4 N–H and O–H groups in total. The number of unbranched alkanes of at least 4 members (excludes halogenated alkanes) is 1. The van der Waals surface area contributed by atoms with Crippen molar-refractivity contribution < 1.29 is 9.53 Å². The molecule has 0 radical (unpaired) electrons. The first-order chi connectivity index (χ1) is 5.22. The van der Waals surface area contributed by atoms with Crippen LogP contribution in [-0.2, 0) is 9.53 Å². The quantitative estimate of drug-likeness (QED) is 0.534. The Bertz CT molecular complexity index is 125. The molecule has 0 aliphatic rings. The molecule has 0 amide bonds. The lowest BCUT2D eigenvalue weighted by Gasteiger charge is -2.07. The van der Waals surface area contributed by atoms with Gasteiger partial charge in [0.2, 0.25) is 0 Å². The van der Waals surface area contributed by atoms with E-state index in [4.69, 9.17) is 16.2 Å². The van der Waals surface area contributed by atoms with Crippen molar-refractivity contribution in [2.24, 2.45) is 11.5 Å². The van der Waals surface area contributed by atoms with Crippen molar-refractivity contribution in [1.82, 2.24) is 0 Å². The molecule has 1 unspecified atom stereocenters. The van der Waals surface area contributed by atoms with E-state index in [1.807, 2.05) is 6.92 Å². The highest BCUT2D eigenvalue weighted by Gasteiger charge is 2.11. The van der Waals surface area contributed by atoms with Crippen molar-refractivity contribution in [3.05, 3.63) is 0 Å². The maximum atomic E-state index is 10.8. The van der Waals surface area contributed by atoms with Crippen LogP contribution in [0.4, 0.5) is 0 Å². The molecule has 0 spiro atoms. The first-order valence-corrected chi connectivity index (χ1v) is 3.84. The van der Waals surface area contributed by atoms with Crippen LogP contribution in [0, 0.1) is 0 Å². The molecular weight excluding hydrogens is 215 g/mol. The smallest absolute Gasteiger partial charge is 0.324 e. The van der Waals surface area contributed by atoms with Crippen LogP contribution in [0.1, 0.15) is 19.8 Å². The molecule has 82 valence electrons. The molecule has 0 heterocycles. The molecule has 0 aromatic heterocycles. The van der Waals surface area contributed by atoms with Gasteiger partial charge in [0.15, 0.2) is 0 Å². The summed E-state index contributed by atoms with van der Waals surface area (Å²) in [5, 5.41) is 0. The molecule has 0 bridgehead atoms. The first-order valence-electron chi connectivity index (χ1n) is 3.84. The zero-order valence-electron chi connectivity index (χ0n) is 7.69. The van der Waals surface area contributed by atoms with Crippen LogP contribution in [0.2, 0.25) is 0 Å². The third kappa shape index (κ3) is 9.89. The van der Waals surface area contributed by atoms with E-state index < -0.39 is 12.0 Å². The Morgan fingerprint density at radius 3 is 2.38 bits per heavy atom. The van der Waals surface area contributed by atoms with Crippen LogP contribution in [0.15, 0.2) is 0 Å². The highest BCUT2D eigenvalue weighted by atomic mass is 35.5. The van der Waals surface area contributed by atoms with E-state index in [1.54, 1.807) is 0 Å². The van der Waals surface area contributed by atoms with Gasteiger partial charge in [-0.25, -0.2) is 0 Å². The van der Waals surface area contributed by atoms with Crippen molar-refractivity contribution in [2.45, 2.75) is 25.8 Å². The molecule has 0 saturated heterocycles. The van der Waals surface area contributed by atoms with Crippen LogP contribution in [0.5, 0.6) is 0 Å². The van der Waals surface area contributed by atoms with Crippen molar-refractivity contribution in [2.75, 3.05) is 13.2 Å². The normalized spacial score (nSPS) is 10.7. The lowest BCUT2D eigenvalue weighted by molar-refractivity contribution is -0.145. The second-order valence-electron chi connectivity index (χ2n) is 2.36. The van der Waals surface area contributed by atoms with Gasteiger partial charge in [0.1, 0.15) is 6.04 Å². The Balaban J connectivity index is -0.000000500. The number of ether oxygens (including phenoxy) is 1. The number of carbonyl (C=O) groups excluding carboxylic acids is 1. The van der Waals surface area contributed by atoms with Crippen molar-refractivity contribution in [3.63, 3.8) is 0 Å². The summed E-state index contributed by atoms with van der Waals surface area (Å²) in [5.74, 6) is -0.402. The maximum absolute atomic E-state index is 10.8. The number of rotatable bonds is 5. The van der Waals surface area contributed by atoms with Crippen molar-refractivity contribution in [1.29, 1.82) is 0 Å². The number of hydrogen-bond acceptors (Lipinski definition) is 4. The summed E-state index contributed by atoms with van der Waals surface area (Å²) >= 11 is 0. The summed E-state index contributed by atoms with van der Waals surface area (Å²) in [7, 11) is 0. The van der Waals surface area contributed by atoms with Gasteiger partial charge in [0.25, 0.3) is 0 Å². The van der Waals surface area contributed by atoms with Gasteiger partial charge in [-0.1, -0.05) is 13.3 Å². The van der Waals surface area contributed by atoms with Gasteiger partial charge in [-0.05, 0) is 6.42 Å². The predicted molar refractivity (Wildman–Crippen MR) is 57.4 cm³/mol. The van der Waals surface area contributed by atoms with Crippen LogP contribution in [-0.4, -0.2) is 25.2 Å². The summed E-state index contributed by atoms with van der Waals surface area (Å²) in [5.41, 5.74) is 10.5. The Labute approximate surface area is 91.2 Å². The molecule has 0 saturated carbocycles. The third-order valence-corrected chi connectivity index (χ3v) is 1.30. The van der Waals surface area contributed by atoms with Crippen LogP contribution in [0.3, 0.4) is 0 Å². The highest BCUT2D eigenvalue weighted by molar-refractivity contribution is 5.85. The zero-order valence-corrected chi connectivity index (χ0v) is 9.33. The molecule has 0 aliphatic heterocycles. The van der Waals surface area contributed by atoms with Crippen LogP contribution >= 0.6 is 24.8 Å². The van der Waals surface area contributed by atoms with E-state index in [0.29, 0.717) is 6.61 Å². The van der Waals surface area contributed by atoms with E-state index in [-0.39, 0.29) is 31.4 Å². The number of carbonyl (C=O) groups is 1. The van der Waals surface area contributed by atoms with Gasteiger partial charge in [-0.3, -0.25) is 4.79 Å². The Kier molecular flexibility index (Phi) is 17.2. The predicted octanol–water partition coefficient (Wildman–Crippen LogP) is 0.459. The Morgan fingerprint density at radius 1 is 1.46 bits per heavy atom. The SMILES string of the molecule is CCCCOC(=O)C(N)CN.Cl.Cl. The number of nitrogens with two attached hydrogens (primary N) is 2. The van der Waals surface area contributed by atoms with E-state index in [0.717, 1.165) is 12.8 Å². The summed E-state index contributed by atoms with van der Waals surface area (Å²) in [6.07, 6.45) is 1.88. The van der Waals surface area contributed by atoms with Crippen LogP contribution in [0.25, 0.3) is 0 Å². The molecule has 0 fully saturated rings. The van der Waals surface area contributed by atoms with Crippen molar-refractivity contribution in [3.8, 4) is 0 Å². The monoisotopic (exact) mass is 232 g/mol. The number of halogens is 2. The van der Waals surface area contributed by atoms with Crippen molar-refractivity contribution >= 4 is 30.8 Å². The molecule has 6 heteroatoms. The van der Waals surface area contributed by atoms with E-state index in [2.05, 4.69) is 0 Å². The fourth-order valence-electron chi connectivity index (χ4n) is 0.520. The lowest BCUT2D eigenvalue weighted by Crippen LogP contribution is -2.39. The summed E-state index contributed by atoms with van der Waals surface area (Å²) in [6.45, 7) is 2.62. The van der Waals surface area contributed by atoms with Gasteiger partial charge >= 0.3 is 5.97 Å². The summed E-state index contributed by atoms with van der Waals surface area (Å²) in [6, 6.07) is -0.660. The van der Waals surface area contributed by atoms with E-state index in [9.17, 15) is 4.79 Å². The second-order valence-corrected chi connectivity index (χ2v) is 2.36. The molecular formula is C7H18Cl2N2O2. The summed E-state index contributed by atoms with van der Waals surface area (Å²) in [4.78, 5) is 10.8. The molecule has 0 aromatic rings. The number of esters is 1. The second kappa shape index (κ2) is 12.0. The standard InChI is InChI=1S/C7H16N2O2.2ClH/c1-2-3-4-11-7(10)6(9)5-8;;/h6H,2-5,8-9H2,1H3;2*1H. The van der Waals surface area contributed by atoms with Gasteiger partial charge in [0.05, 0.1) is 6.61 Å². The average molecular weight is 233 g/mol. The molecule has 13 heavy (non-hydrogen) atoms. The minimum atomic E-state index is -0.660. The molecule has 0 aliphatic carbocycles. The third-order valence-electron chi connectivity index (χ3n) is 1.30. The topological polar surface area (TPSA) is 78.3 Å². The zero-order chi connectivity index (χ0) is 8.69. The van der Waals surface area contributed by atoms with Crippen LogP contribution < -0.4 is 11.5 Å².